The van der Waals surface area contributed by atoms with E-state index in [0.29, 0.717) is 31.4 Å². The summed E-state index contributed by atoms with van der Waals surface area (Å²) < 4.78 is 32.6. The molecule has 3 N–H and O–H groups in total. The van der Waals surface area contributed by atoms with E-state index in [0.717, 1.165) is 36.0 Å². The molecule has 3 fully saturated rings. The summed E-state index contributed by atoms with van der Waals surface area (Å²) in [7, 11) is -3.88. The number of carbonyl (C=O) groups is 4. The topological polar surface area (TPSA) is 151 Å². The Morgan fingerprint density at radius 1 is 0.944 bits per heavy atom. The highest BCUT2D eigenvalue weighted by Crippen LogP contribution is 2.50. The summed E-state index contributed by atoms with van der Waals surface area (Å²) in [4.78, 5) is 57.7. The number of nitrogens with one attached hydrogen (secondary N) is 3. The van der Waals surface area contributed by atoms with Crippen LogP contribution in [0.2, 0.25) is 0 Å². The molecule has 11 nitrogen and oxygen atoms in total. The molecule has 4 aliphatic rings. The van der Waals surface area contributed by atoms with Crippen molar-refractivity contribution in [2.24, 2.45) is 5.92 Å². The SMILES string of the molecule is C=CC1CC1(NC(=O)C1CC2(c3ccc(-c4ccccc4)cc3)CN1C(=O)C(NC(=O)OC(C)(C)C)CCCCC/C=C/CS2)C(=O)NS(=O)(=O)C1CC1. The minimum absolute atomic E-state index is 0.166. The maximum absolute atomic E-state index is 14.8. The van der Waals surface area contributed by atoms with Crippen LogP contribution in [0.4, 0.5) is 4.79 Å². The molecule has 2 aromatic carbocycles. The molecule has 2 saturated carbocycles. The minimum atomic E-state index is -3.88. The van der Waals surface area contributed by atoms with Crippen molar-refractivity contribution in [1.82, 2.24) is 20.3 Å². The lowest BCUT2D eigenvalue weighted by atomic mass is 9.93. The zero-order chi connectivity index (χ0) is 38.7. The molecule has 290 valence electrons. The van der Waals surface area contributed by atoms with Crippen LogP contribution in [0.25, 0.3) is 11.1 Å². The predicted molar refractivity (Wildman–Crippen MR) is 211 cm³/mol. The van der Waals surface area contributed by atoms with E-state index >= 15 is 0 Å². The number of hydrogen-bond donors (Lipinski definition) is 3. The first-order valence-corrected chi connectivity index (χ1v) is 21.5. The number of nitrogens with zero attached hydrogens (tertiary/aromatic N) is 1. The largest absolute Gasteiger partial charge is 0.444 e. The summed E-state index contributed by atoms with van der Waals surface area (Å²) in [6.07, 6.45) is 10.2. The van der Waals surface area contributed by atoms with Crippen molar-refractivity contribution in [2.45, 2.75) is 112 Å². The third kappa shape index (κ3) is 9.05. The van der Waals surface area contributed by atoms with Gasteiger partial charge in [-0.05, 0) is 82.4 Å². The molecule has 2 aliphatic carbocycles. The van der Waals surface area contributed by atoms with Crippen molar-refractivity contribution < 1.29 is 32.3 Å². The molecule has 2 bridgehead atoms. The zero-order valence-electron chi connectivity index (χ0n) is 31.3. The van der Waals surface area contributed by atoms with Gasteiger partial charge in [-0.3, -0.25) is 19.1 Å². The van der Waals surface area contributed by atoms with Gasteiger partial charge >= 0.3 is 6.09 Å². The van der Waals surface area contributed by atoms with Crippen LogP contribution in [-0.2, 0) is 33.9 Å². The van der Waals surface area contributed by atoms with Crippen molar-refractivity contribution >= 4 is 45.6 Å². The van der Waals surface area contributed by atoms with Crippen molar-refractivity contribution in [2.75, 3.05) is 12.3 Å². The number of rotatable bonds is 9. The third-order valence-electron chi connectivity index (χ3n) is 10.7. The summed E-state index contributed by atoms with van der Waals surface area (Å²) in [6, 6.07) is 16.2. The lowest BCUT2D eigenvalue weighted by Crippen LogP contribution is -2.58. The second kappa shape index (κ2) is 15.9. The van der Waals surface area contributed by atoms with Crippen LogP contribution in [0, 0.1) is 5.92 Å². The summed E-state index contributed by atoms with van der Waals surface area (Å²) in [6.45, 7) is 9.25. The van der Waals surface area contributed by atoms with E-state index in [9.17, 15) is 27.6 Å². The monoisotopic (exact) mass is 776 g/mol. The van der Waals surface area contributed by atoms with Crippen LogP contribution in [0.3, 0.4) is 0 Å². The number of allylic oxidation sites excluding steroid dienone is 1. The van der Waals surface area contributed by atoms with Gasteiger partial charge in [-0.1, -0.05) is 85.7 Å². The molecule has 5 atom stereocenters. The van der Waals surface area contributed by atoms with Crippen molar-refractivity contribution in [3.8, 4) is 11.1 Å². The molecule has 13 heteroatoms. The van der Waals surface area contributed by atoms with Gasteiger partial charge in [0.25, 0.3) is 5.91 Å². The number of ether oxygens (including phenoxy) is 1. The summed E-state index contributed by atoms with van der Waals surface area (Å²) in [5.74, 6) is -1.62. The van der Waals surface area contributed by atoms with Crippen LogP contribution in [0.15, 0.2) is 79.4 Å². The molecular formula is C41H52N4O7S2. The Morgan fingerprint density at radius 3 is 2.30 bits per heavy atom. The number of carbonyl (C=O) groups excluding carboxylic acids is 4. The van der Waals surface area contributed by atoms with Crippen molar-refractivity contribution in [3.05, 3.63) is 85.0 Å². The second-order valence-electron chi connectivity index (χ2n) is 15.9. The minimum Gasteiger partial charge on any atom is -0.444 e. The number of alkyl carbamates (subject to hydrolysis) is 1. The van der Waals surface area contributed by atoms with E-state index in [1.54, 1.807) is 43.5 Å². The maximum atomic E-state index is 14.8. The fraction of sp³-hybridized carbons (Fsp3) is 0.512. The molecule has 0 spiro atoms. The normalized spacial score (nSPS) is 28.2. The van der Waals surface area contributed by atoms with E-state index in [4.69, 9.17) is 4.74 Å². The molecule has 54 heavy (non-hydrogen) atoms. The number of fused-ring (bicyclic) bond motifs is 2. The first kappa shape index (κ1) is 39.6. The maximum Gasteiger partial charge on any atom is 0.408 e. The first-order valence-electron chi connectivity index (χ1n) is 18.9. The smallest absolute Gasteiger partial charge is 0.408 e. The van der Waals surface area contributed by atoms with Crippen molar-refractivity contribution in [1.29, 1.82) is 0 Å². The van der Waals surface area contributed by atoms with Crippen LogP contribution in [0.5, 0.6) is 0 Å². The Balaban J connectivity index is 1.36. The molecule has 6 rings (SSSR count). The Morgan fingerprint density at radius 2 is 1.65 bits per heavy atom. The summed E-state index contributed by atoms with van der Waals surface area (Å²) in [5, 5.41) is 5.10. The molecule has 2 heterocycles. The second-order valence-corrected chi connectivity index (χ2v) is 19.3. The number of sulfonamides is 1. The van der Waals surface area contributed by atoms with E-state index in [2.05, 4.69) is 34.1 Å². The molecule has 2 aromatic rings. The Labute approximate surface area is 323 Å². The highest BCUT2D eigenvalue weighted by atomic mass is 32.2. The van der Waals surface area contributed by atoms with Gasteiger partial charge in [0.15, 0.2) is 0 Å². The van der Waals surface area contributed by atoms with Crippen LogP contribution in [-0.4, -0.2) is 77.9 Å². The van der Waals surface area contributed by atoms with Gasteiger partial charge in [0, 0.05) is 18.2 Å². The van der Waals surface area contributed by atoms with Gasteiger partial charge in [-0.25, -0.2) is 13.2 Å². The fourth-order valence-corrected chi connectivity index (χ4v) is 10.2. The van der Waals surface area contributed by atoms with Gasteiger partial charge in [-0.15, -0.1) is 18.3 Å². The summed E-state index contributed by atoms with van der Waals surface area (Å²) >= 11 is 1.65. The van der Waals surface area contributed by atoms with E-state index in [1.807, 2.05) is 54.6 Å². The van der Waals surface area contributed by atoms with Crippen LogP contribution in [0.1, 0.15) is 84.1 Å². The standard InChI is InChI=1S/C41H52N4O7S2/c1-5-30-25-41(30,37(48)44-54(50,51)32-22-23-32)43-35(46)34-26-40(31-20-18-29(19-21-31)28-15-11-10-12-16-28)27-45(34)36(47)33(42-38(49)52-39(2,3)4)17-13-8-6-7-9-14-24-53-40/h5,9-12,14-16,18-21,30,32-34H,1,6-8,13,17,22-27H2,2-4H3,(H,42,49)(H,43,46)(H,44,48)/b14-9+. The highest BCUT2D eigenvalue weighted by molar-refractivity contribution is 8.00. The molecule has 1 saturated heterocycles. The number of thioether (sulfide) groups is 1. The van der Waals surface area contributed by atoms with Gasteiger partial charge in [-0.2, -0.15) is 0 Å². The molecule has 4 amide bonds. The quantitative estimate of drug-likeness (QED) is 0.264. The van der Waals surface area contributed by atoms with E-state index in [-0.39, 0.29) is 19.4 Å². The number of hydrogen-bond acceptors (Lipinski definition) is 8. The molecule has 2 aliphatic heterocycles. The first-order chi connectivity index (χ1) is 25.7. The lowest BCUT2D eigenvalue weighted by Gasteiger charge is -2.32. The Hall–Kier alpha value is -4.10. The zero-order valence-corrected chi connectivity index (χ0v) is 33.0. The van der Waals surface area contributed by atoms with Crippen molar-refractivity contribution in [3.63, 3.8) is 0 Å². The average molecular weight is 777 g/mol. The number of amides is 4. The predicted octanol–water partition coefficient (Wildman–Crippen LogP) is 5.97. The highest BCUT2D eigenvalue weighted by Gasteiger charge is 2.62. The van der Waals surface area contributed by atoms with E-state index in [1.165, 1.54) is 0 Å². The van der Waals surface area contributed by atoms with Gasteiger partial charge in [0.1, 0.15) is 23.2 Å². The van der Waals surface area contributed by atoms with Gasteiger partial charge in [0.05, 0.1) is 10.00 Å². The molecule has 0 radical (unpaired) electrons. The average Bonchev–Trinajstić information content (AvgIpc) is 4.06. The van der Waals surface area contributed by atoms with E-state index < -0.39 is 73.0 Å². The number of benzene rings is 2. The third-order valence-corrected chi connectivity index (χ3v) is 13.9. The van der Waals surface area contributed by atoms with Crippen LogP contribution >= 0.6 is 11.8 Å². The molecule has 0 aromatic heterocycles. The van der Waals surface area contributed by atoms with Gasteiger partial charge in [0.2, 0.25) is 21.8 Å². The summed E-state index contributed by atoms with van der Waals surface area (Å²) in [5.41, 5.74) is 0.731. The Bertz CT molecular complexity index is 1870. The fourth-order valence-electron chi connectivity index (χ4n) is 7.44. The van der Waals surface area contributed by atoms with Crippen LogP contribution < -0.4 is 15.4 Å². The molecule has 5 unspecified atom stereocenters. The lowest BCUT2D eigenvalue weighted by molar-refractivity contribution is -0.141. The van der Waals surface area contributed by atoms with Gasteiger partial charge < -0.3 is 20.3 Å². The molecular weight excluding hydrogens is 725 g/mol. The Kier molecular flexibility index (Phi) is 11.7.